The van der Waals surface area contributed by atoms with Crippen LogP contribution in [0.3, 0.4) is 0 Å². The van der Waals surface area contributed by atoms with Gasteiger partial charge in [-0.05, 0) is 0 Å². The molecule has 0 aliphatic carbocycles. The average molecular weight is 224 g/mol. The zero-order chi connectivity index (χ0) is 10.7. The summed E-state index contributed by atoms with van der Waals surface area (Å²) in [6.07, 6.45) is 3.93. The zero-order valence-corrected chi connectivity index (χ0v) is 9.17. The number of amides is 1. The Morgan fingerprint density at radius 1 is 1.67 bits per heavy atom. The van der Waals surface area contributed by atoms with Gasteiger partial charge >= 0.3 is 0 Å². The molecular weight excluding hydrogens is 212 g/mol. The SMILES string of the molecule is CNC(=O)CNCc1cn2ccsc2n1. The predicted octanol–water partition coefficient (Wildman–Crippen LogP) is 0.231. The summed E-state index contributed by atoms with van der Waals surface area (Å²) in [4.78, 5) is 16.3. The number of aromatic nitrogens is 2. The first-order chi connectivity index (χ1) is 7.29. The number of thiazole rings is 1. The molecule has 0 spiro atoms. The summed E-state index contributed by atoms with van der Waals surface area (Å²) in [5.41, 5.74) is 0.950. The zero-order valence-electron chi connectivity index (χ0n) is 8.36. The standard InChI is InChI=1S/C9H12N4OS/c1-10-8(14)5-11-4-7-6-13-2-3-15-9(13)12-7/h2-3,6,11H,4-5H2,1H3,(H,10,14). The van der Waals surface area contributed by atoms with E-state index in [1.54, 1.807) is 18.4 Å². The normalized spacial score (nSPS) is 10.7. The van der Waals surface area contributed by atoms with E-state index in [4.69, 9.17) is 0 Å². The molecule has 5 nitrogen and oxygen atoms in total. The minimum Gasteiger partial charge on any atom is -0.358 e. The van der Waals surface area contributed by atoms with Gasteiger partial charge in [-0.1, -0.05) is 0 Å². The molecule has 1 amide bonds. The van der Waals surface area contributed by atoms with Crippen molar-refractivity contribution in [3.63, 3.8) is 0 Å². The highest BCUT2D eigenvalue weighted by atomic mass is 32.1. The third kappa shape index (κ3) is 2.34. The number of imidazole rings is 1. The van der Waals surface area contributed by atoms with Gasteiger partial charge in [-0.15, -0.1) is 11.3 Å². The molecule has 2 rings (SSSR count). The minimum absolute atomic E-state index is 0.0176. The predicted molar refractivity (Wildman–Crippen MR) is 58.8 cm³/mol. The molecule has 0 aliphatic heterocycles. The van der Waals surface area contributed by atoms with Crippen molar-refractivity contribution >= 4 is 22.2 Å². The molecule has 0 saturated heterocycles. The van der Waals surface area contributed by atoms with Gasteiger partial charge in [0.1, 0.15) is 0 Å². The number of fused-ring (bicyclic) bond motifs is 1. The summed E-state index contributed by atoms with van der Waals surface area (Å²) < 4.78 is 1.97. The largest absolute Gasteiger partial charge is 0.358 e. The van der Waals surface area contributed by atoms with Gasteiger partial charge in [0.15, 0.2) is 4.96 Å². The van der Waals surface area contributed by atoms with Gasteiger partial charge in [0.25, 0.3) is 0 Å². The Labute approximate surface area is 91.1 Å². The number of nitrogens with zero attached hydrogens (tertiary/aromatic N) is 2. The van der Waals surface area contributed by atoms with Crippen molar-refractivity contribution < 1.29 is 4.79 Å². The van der Waals surface area contributed by atoms with E-state index in [0.29, 0.717) is 13.1 Å². The molecule has 80 valence electrons. The Bertz CT molecular complexity index is 433. The van der Waals surface area contributed by atoms with Gasteiger partial charge in [-0.25, -0.2) is 4.98 Å². The molecule has 2 aromatic rings. The summed E-state index contributed by atoms with van der Waals surface area (Å²) in [6.45, 7) is 0.934. The van der Waals surface area contributed by atoms with Crippen molar-refractivity contribution in [1.82, 2.24) is 20.0 Å². The molecule has 0 bridgehead atoms. The van der Waals surface area contributed by atoms with E-state index in [0.717, 1.165) is 10.7 Å². The third-order valence-corrected chi connectivity index (χ3v) is 2.78. The van der Waals surface area contributed by atoms with E-state index < -0.39 is 0 Å². The molecule has 0 fully saturated rings. The lowest BCUT2D eigenvalue weighted by atomic mass is 10.4. The summed E-state index contributed by atoms with van der Waals surface area (Å²) in [7, 11) is 1.62. The Morgan fingerprint density at radius 2 is 2.53 bits per heavy atom. The van der Waals surface area contributed by atoms with E-state index in [2.05, 4.69) is 15.6 Å². The van der Waals surface area contributed by atoms with Crippen LogP contribution in [-0.2, 0) is 11.3 Å². The number of likely N-dealkylation sites (N-methyl/N-ethyl adjacent to an activating group) is 1. The van der Waals surface area contributed by atoms with Crippen molar-refractivity contribution in [1.29, 1.82) is 0 Å². The number of carbonyl (C=O) groups excluding carboxylic acids is 1. The maximum absolute atomic E-state index is 10.9. The molecular formula is C9H12N4OS. The van der Waals surface area contributed by atoms with Crippen LogP contribution >= 0.6 is 11.3 Å². The molecule has 6 heteroatoms. The summed E-state index contributed by atoms with van der Waals surface area (Å²) >= 11 is 1.60. The number of hydrogen-bond acceptors (Lipinski definition) is 4. The Kier molecular flexibility index (Phi) is 2.98. The molecule has 0 radical (unpaired) electrons. The highest BCUT2D eigenvalue weighted by molar-refractivity contribution is 7.15. The lowest BCUT2D eigenvalue weighted by Gasteiger charge is -2.00. The minimum atomic E-state index is -0.0176. The fourth-order valence-corrected chi connectivity index (χ4v) is 1.97. The topological polar surface area (TPSA) is 58.4 Å². The number of carbonyl (C=O) groups is 1. The second-order valence-electron chi connectivity index (χ2n) is 3.10. The Morgan fingerprint density at radius 3 is 3.27 bits per heavy atom. The van der Waals surface area contributed by atoms with Crippen molar-refractivity contribution in [2.45, 2.75) is 6.54 Å². The van der Waals surface area contributed by atoms with Crippen LogP contribution in [0.2, 0.25) is 0 Å². The monoisotopic (exact) mass is 224 g/mol. The lowest BCUT2D eigenvalue weighted by Crippen LogP contribution is -2.31. The van der Waals surface area contributed by atoms with Gasteiger partial charge in [-0.3, -0.25) is 9.20 Å². The number of hydrogen-bond donors (Lipinski definition) is 2. The molecule has 0 aromatic carbocycles. The third-order valence-electron chi connectivity index (χ3n) is 2.01. The molecule has 2 heterocycles. The van der Waals surface area contributed by atoms with E-state index in [-0.39, 0.29) is 5.91 Å². The molecule has 0 aliphatic rings. The van der Waals surface area contributed by atoms with Gasteiger partial charge in [0.2, 0.25) is 5.91 Å². The van der Waals surface area contributed by atoms with Crippen LogP contribution in [0.15, 0.2) is 17.8 Å². The van der Waals surface area contributed by atoms with Crippen LogP contribution < -0.4 is 10.6 Å². The fourth-order valence-electron chi connectivity index (χ4n) is 1.25. The summed E-state index contributed by atoms with van der Waals surface area (Å²) in [5, 5.41) is 7.56. The smallest absolute Gasteiger partial charge is 0.233 e. The van der Waals surface area contributed by atoms with Crippen LogP contribution in [0.5, 0.6) is 0 Å². The highest BCUT2D eigenvalue weighted by Crippen LogP contribution is 2.10. The van der Waals surface area contributed by atoms with Crippen LogP contribution in [-0.4, -0.2) is 28.9 Å². The van der Waals surface area contributed by atoms with Gasteiger partial charge < -0.3 is 10.6 Å². The maximum Gasteiger partial charge on any atom is 0.233 e. The molecule has 0 saturated carbocycles. The van der Waals surface area contributed by atoms with E-state index in [1.165, 1.54) is 0 Å². The first kappa shape index (κ1) is 10.1. The van der Waals surface area contributed by atoms with Crippen LogP contribution in [0.4, 0.5) is 0 Å². The highest BCUT2D eigenvalue weighted by Gasteiger charge is 2.02. The van der Waals surface area contributed by atoms with Crippen LogP contribution in [0, 0.1) is 0 Å². The average Bonchev–Trinajstić information content (AvgIpc) is 2.77. The molecule has 2 aromatic heterocycles. The first-order valence-electron chi connectivity index (χ1n) is 4.62. The van der Waals surface area contributed by atoms with Crippen molar-refractivity contribution in [2.24, 2.45) is 0 Å². The quantitative estimate of drug-likeness (QED) is 0.781. The van der Waals surface area contributed by atoms with E-state index in [9.17, 15) is 4.79 Å². The van der Waals surface area contributed by atoms with Gasteiger partial charge in [-0.2, -0.15) is 0 Å². The second-order valence-corrected chi connectivity index (χ2v) is 3.97. The van der Waals surface area contributed by atoms with Crippen LogP contribution in [0.25, 0.3) is 4.96 Å². The fraction of sp³-hybridized carbons (Fsp3) is 0.333. The van der Waals surface area contributed by atoms with Crippen molar-refractivity contribution in [3.05, 3.63) is 23.5 Å². The van der Waals surface area contributed by atoms with Crippen molar-refractivity contribution in [3.8, 4) is 0 Å². The summed E-state index contributed by atoms with van der Waals surface area (Å²) in [6, 6.07) is 0. The molecule has 0 unspecified atom stereocenters. The first-order valence-corrected chi connectivity index (χ1v) is 5.50. The molecule has 2 N–H and O–H groups in total. The van der Waals surface area contributed by atoms with E-state index >= 15 is 0 Å². The maximum atomic E-state index is 10.9. The number of rotatable bonds is 4. The summed E-state index contributed by atoms with van der Waals surface area (Å²) in [5.74, 6) is -0.0176. The number of nitrogens with one attached hydrogen (secondary N) is 2. The van der Waals surface area contributed by atoms with Gasteiger partial charge in [0, 0.05) is 31.4 Å². The van der Waals surface area contributed by atoms with Gasteiger partial charge in [0.05, 0.1) is 12.2 Å². The lowest BCUT2D eigenvalue weighted by molar-refractivity contribution is -0.119. The molecule has 0 atom stereocenters. The second kappa shape index (κ2) is 4.41. The molecule has 15 heavy (non-hydrogen) atoms. The Balaban J connectivity index is 1.90. The van der Waals surface area contributed by atoms with E-state index in [1.807, 2.05) is 22.2 Å². The van der Waals surface area contributed by atoms with Crippen molar-refractivity contribution in [2.75, 3.05) is 13.6 Å². The van der Waals surface area contributed by atoms with Crippen LogP contribution in [0.1, 0.15) is 5.69 Å². The Hall–Kier alpha value is -1.40.